The van der Waals surface area contributed by atoms with Gasteiger partial charge in [-0.25, -0.2) is 4.79 Å². The van der Waals surface area contributed by atoms with E-state index in [1.165, 1.54) is 12.1 Å². The van der Waals surface area contributed by atoms with Crippen molar-refractivity contribution in [1.82, 2.24) is 0 Å². The normalized spacial score (nSPS) is 22.9. The molecule has 7 unspecified atom stereocenters. The maximum atomic E-state index is 12.3. The van der Waals surface area contributed by atoms with E-state index in [9.17, 15) is 40.5 Å². The monoisotopic (exact) mass is 674 g/mol. The molecule has 0 spiro atoms. The van der Waals surface area contributed by atoms with Crippen LogP contribution in [0.25, 0.3) is 0 Å². The Hall–Kier alpha value is -3.19. The van der Waals surface area contributed by atoms with Crippen LogP contribution in [0.5, 0.6) is 17.2 Å². The second-order valence-corrected chi connectivity index (χ2v) is 12.8. The predicted octanol–water partition coefficient (Wildman–Crippen LogP) is 4.66. The molecular weight excluding hydrogens is 620 g/mol. The van der Waals surface area contributed by atoms with E-state index in [0.29, 0.717) is 29.7 Å². The van der Waals surface area contributed by atoms with Crippen LogP contribution >= 0.6 is 0 Å². The van der Waals surface area contributed by atoms with Crippen LogP contribution in [-0.2, 0) is 22.3 Å². The van der Waals surface area contributed by atoms with Gasteiger partial charge in [0.1, 0.15) is 47.4 Å². The zero-order valence-electron chi connectivity index (χ0n) is 28.3. The SMILES string of the molecule is CCC(C)C(CCCCCCCC=CC=CCCc1cc(O)cc(O)c1Cc1c(O)cc(C)oc1=O)OC1OC(CO)C(O)C(O)C1O. The van der Waals surface area contributed by atoms with Crippen LogP contribution in [0.1, 0.15) is 94.1 Å². The van der Waals surface area contributed by atoms with Crippen LogP contribution in [0.3, 0.4) is 0 Å². The highest BCUT2D eigenvalue weighted by atomic mass is 16.7. The lowest BCUT2D eigenvalue weighted by atomic mass is 9.95. The van der Waals surface area contributed by atoms with Crippen LogP contribution < -0.4 is 5.63 Å². The van der Waals surface area contributed by atoms with Gasteiger partial charge >= 0.3 is 5.63 Å². The van der Waals surface area contributed by atoms with Gasteiger partial charge in [-0.15, -0.1) is 0 Å². The van der Waals surface area contributed by atoms with E-state index < -0.39 is 42.9 Å². The lowest BCUT2D eigenvalue weighted by molar-refractivity contribution is -0.315. The van der Waals surface area contributed by atoms with Crippen LogP contribution in [0.4, 0.5) is 0 Å². The zero-order chi connectivity index (χ0) is 35.2. The van der Waals surface area contributed by atoms with Crippen molar-refractivity contribution in [2.45, 2.75) is 128 Å². The number of aromatic hydroxyl groups is 3. The number of rotatable bonds is 19. The van der Waals surface area contributed by atoms with Crippen LogP contribution in [0.15, 0.2) is 51.7 Å². The molecule has 2 heterocycles. The van der Waals surface area contributed by atoms with Gasteiger partial charge in [-0.1, -0.05) is 70.3 Å². The molecule has 11 nitrogen and oxygen atoms in total. The smallest absolute Gasteiger partial charge is 0.343 e. The topological polar surface area (TPSA) is 190 Å². The number of allylic oxidation sites excluding steroid dienone is 4. The Morgan fingerprint density at radius 2 is 1.54 bits per heavy atom. The number of hydrogen-bond acceptors (Lipinski definition) is 11. The molecule has 3 rings (SSSR count). The van der Waals surface area contributed by atoms with Gasteiger partial charge in [-0.2, -0.15) is 0 Å². The summed E-state index contributed by atoms with van der Waals surface area (Å²) in [6.07, 6.45) is 10.5. The second kappa shape index (κ2) is 19.7. The summed E-state index contributed by atoms with van der Waals surface area (Å²) in [4.78, 5) is 12.3. The molecule has 1 aromatic heterocycles. The minimum absolute atomic E-state index is 0.0200. The molecule has 2 aromatic rings. The minimum Gasteiger partial charge on any atom is -0.508 e. The van der Waals surface area contributed by atoms with Gasteiger partial charge in [-0.3, -0.25) is 0 Å². The Morgan fingerprint density at radius 3 is 2.23 bits per heavy atom. The highest BCUT2D eigenvalue weighted by molar-refractivity contribution is 5.49. The number of hydrogen-bond donors (Lipinski definition) is 7. The molecule has 1 saturated heterocycles. The largest absolute Gasteiger partial charge is 0.508 e. The number of ether oxygens (including phenoxy) is 2. The van der Waals surface area contributed by atoms with Gasteiger partial charge in [0.2, 0.25) is 0 Å². The van der Waals surface area contributed by atoms with Crippen LogP contribution in [0, 0.1) is 12.8 Å². The molecule has 7 atom stereocenters. The number of phenols is 2. The summed E-state index contributed by atoms with van der Waals surface area (Å²) in [6, 6.07) is 4.14. The first kappa shape index (κ1) is 39.3. The molecule has 0 saturated carbocycles. The molecule has 1 aliphatic rings. The summed E-state index contributed by atoms with van der Waals surface area (Å²) in [6.45, 7) is 5.23. The maximum Gasteiger partial charge on any atom is 0.343 e. The minimum atomic E-state index is -1.45. The summed E-state index contributed by atoms with van der Waals surface area (Å²) >= 11 is 0. The zero-order valence-corrected chi connectivity index (χ0v) is 28.3. The van der Waals surface area contributed by atoms with Crippen molar-refractivity contribution in [1.29, 1.82) is 0 Å². The summed E-state index contributed by atoms with van der Waals surface area (Å²) in [5.41, 5.74) is 0.528. The van der Waals surface area contributed by atoms with E-state index in [1.54, 1.807) is 13.0 Å². The second-order valence-electron chi connectivity index (χ2n) is 12.8. The van der Waals surface area contributed by atoms with Gasteiger partial charge in [0.15, 0.2) is 6.29 Å². The number of phenolic OH excluding ortho intramolecular Hbond substituents is 2. The molecule has 0 aliphatic carbocycles. The van der Waals surface area contributed by atoms with Crippen LogP contribution in [-0.4, -0.2) is 79.2 Å². The first-order valence-corrected chi connectivity index (χ1v) is 17.1. The van der Waals surface area contributed by atoms with Crippen molar-refractivity contribution in [3.63, 3.8) is 0 Å². The summed E-state index contributed by atoms with van der Waals surface area (Å²) < 4.78 is 16.7. The molecule has 1 aliphatic heterocycles. The van der Waals surface area contributed by atoms with Crippen LogP contribution in [0.2, 0.25) is 0 Å². The van der Waals surface area contributed by atoms with Crippen molar-refractivity contribution < 1.29 is 49.6 Å². The van der Waals surface area contributed by atoms with Crippen molar-refractivity contribution in [2.75, 3.05) is 6.61 Å². The summed E-state index contributed by atoms with van der Waals surface area (Å²) in [7, 11) is 0. The molecule has 268 valence electrons. The molecule has 11 heteroatoms. The lowest BCUT2D eigenvalue weighted by Gasteiger charge is -2.41. The number of aliphatic hydroxyl groups is 4. The van der Waals surface area contributed by atoms with E-state index >= 15 is 0 Å². The van der Waals surface area contributed by atoms with Crippen molar-refractivity contribution in [3.05, 3.63) is 75.4 Å². The Bertz CT molecular complexity index is 1380. The Labute approximate surface area is 282 Å². The third kappa shape index (κ3) is 11.5. The summed E-state index contributed by atoms with van der Waals surface area (Å²) in [5, 5.41) is 70.6. The third-order valence-electron chi connectivity index (χ3n) is 9.07. The maximum absolute atomic E-state index is 12.3. The predicted molar refractivity (Wildman–Crippen MR) is 181 cm³/mol. The lowest BCUT2D eigenvalue weighted by Crippen LogP contribution is -2.59. The molecule has 7 N–H and O–H groups in total. The number of benzene rings is 1. The highest BCUT2D eigenvalue weighted by Gasteiger charge is 2.45. The quantitative estimate of drug-likeness (QED) is 0.0810. The van der Waals surface area contributed by atoms with Gasteiger partial charge in [0, 0.05) is 24.1 Å². The van der Waals surface area contributed by atoms with E-state index in [4.69, 9.17) is 13.9 Å². The Kier molecular flexibility index (Phi) is 16.1. The fraction of sp³-hybridized carbons (Fsp3) is 0.595. The number of aryl methyl sites for hydroxylation is 2. The average Bonchev–Trinajstić information content (AvgIpc) is 3.04. The molecule has 0 amide bonds. The van der Waals surface area contributed by atoms with E-state index in [1.807, 2.05) is 18.2 Å². The fourth-order valence-electron chi connectivity index (χ4n) is 5.92. The van der Waals surface area contributed by atoms with Gasteiger partial charge in [0.25, 0.3) is 0 Å². The first-order chi connectivity index (χ1) is 23.0. The molecule has 1 fully saturated rings. The van der Waals surface area contributed by atoms with Gasteiger partial charge in [0.05, 0.1) is 18.3 Å². The van der Waals surface area contributed by atoms with Gasteiger partial charge < -0.3 is 49.6 Å². The number of aliphatic hydroxyl groups excluding tert-OH is 4. The molecule has 48 heavy (non-hydrogen) atoms. The molecule has 0 bridgehead atoms. The third-order valence-corrected chi connectivity index (χ3v) is 9.07. The van der Waals surface area contributed by atoms with Crippen molar-refractivity contribution >= 4 is 0 Å². The van der Waals surface area contributed by atoms with Gasteiger partial charge in [-0.05, 0) is 56.6 Å². The Morgan fingerprint density at radius 1 is 0.875 bits per heavy atom. The Balaban J connectivity index is 1.36. The fourth-order valence-corrected chi connectivity index (χ4v) is 5.92. The van der Waals surface area contributed by atoms with E-state index in [-0.39, 0.29) is 41.3 Å². The standard InChI is InChI=1S/C37H54O11/c1-4-23(2)31(47-37-35(44)34(43)33(42)32(22-38)48-37)17-15-13-11-9-7-5-6-8-10-12-14-16-25-19-26(39)20-30(41)27(25)21-28-29(40)18-24(3)46-36(28)45/h6,8,10,12,18-20,23,31-35,37-44H,4-5,7,9,11,13-17,21-22H2,1-3H3. The van der Waals surface area contributed by atoms with Crippen molar-refractivity contribution in [2.24, 2.45) is 5.92 Å². The first-order valence-electron chi connectivity index (χ1n) is 17.1. The molecular formula is C37H54O11. The van der Waals surface area contributed by atoms with E-state index in [0.717, 1.165) is 51.4 Å². The van der Waals surface area contributed by atoms with E-state index in [2.05, 4.69) is 19.9 Å². The highest BCUT2D eigenvalue weighted by Crippen LogP contribution is 2.32. The number of unbranched alkanes of at least 4 members (excludes halogenated alkanes) is 5. The molecule has 0 radical (unpaired) electrons. The average molecular weight is 675 g/mol. The summed E-state index contributed by atoms with van der Waals surface area (Å²) in [5.74, 6) is 0.0845. The van der Waals surface area contributed by atoms with Crippen molar-refractivity contribution in [3.8, 4) is 17.2 Å². The molecule has 1 aromatic carbocycles.